The van der Waals surface area contributed by atoms with E-state index in [0.717, 1.165) is 54.3 Å². The number of thiazole rings is 1. The average Bonchev–Trinajstić information content (AvgIpc) is 3.51. The topological polar surface area (TPSA) is 73.9 Å². The molecular formula is C25H25N5OS. The number of hydrogen-bond acceptors (Lipinski definition) is 5. The van der Waals surface area contributed by atoms with Gasteiger partial charge in [0, 0.05) is 36.6 Å². The normalized spacial score (nSPS) is 15.0. The molecule has 32 heavy (non-hydrogen) atoms. The Balaban J connectivity index is 1.19. The summed E-state index contributed by atoms with van der Waals surface area (Å²) in [6.07, 6.45) is 3.68. The van der Waals surface area contributed by atoms with Crippen molar-refractivity contribution in [3.63, 3.8) is 0 Å². The Morgan fingerprint density at radius 3 is 2.53 bits per heavy atom. The molecule has 2 N–H and O–H groups in total. The van der Waals surface area contributed by atoms with Gasteiger partial charge in [-0.05, 0) is 18.4 Å². The molecule has 0 atom stereocenters. The molecule has 0 aliphatic carbocycles. The Bertz CT molecular complexity index is 1160. The lowest BCUT2D eigenvalue weighted by Gasteiger charge is -2.32. The highest BCUT2D eigenvalue weighted by Gasteiger charge is 2.23. The van der Waals surface area contributed by atoms with E-state index in [-0.39, 0.29) is 11.9 Å². The van der Waals surface area contributed by atoms with E-state index in [0.29, 0.717) is 5.69 Å². The molecule has 0 unspecified atom stereocenters. The van der Waals surface area contributed by atoms with Crippen LogP contribution in [-0.4, -0.2) is 45.1 Å². The smallest absolute Gasteiger partial charge is 0.270 e. The van der Waals surface area contributed by atoms with Crippen LogP contribution in [0.15, 0.2) is 72.2 Å². The number of carbonyl (C=O) groups excluding carboxylic acids is 1. The second kappa shape index (κ2) is 9.46. The van der Waals surface area contributed by atoms with E-state index in [1.165, 1.54) is 16.9 Å². The summed E-state index contributed by atoms with van der Waals surface area (Å²) in [5.41, 5.74) is 4.67. The van der Waals surface area contributed by atoms with Gasteiger partial charge in [-0.3, -0.25) is 14.8 Å². The van der Waals surface area contributed by atoms with Crippen molar-refractivity contribution < 1.29 is 4.79 Å². The van der Waals surface area contributed by atoms with E-state index in [1.807, 2.05) is 41.8 Å². The number of benzene rings is 2. The van der Waals surface area contributed by atoms with E-state index >= 15 is 0 Å². The molecule has 2 aromatic carbocycles. The lowest BCUT2D eigenvalue weighted by atomic mass is 10.0. The van der Waals surface area contributed by atoms with Crippen LogP contribution in [0.2, 0.25) is 0 Å². The van der Waals surface area contributed by atoms with Gasteiger partial charge in [0.1, 0.15) is 10.7 Å². The van der Waals surface area contributed by atoms with Crippen molar-refractivity contribution >= 4 is 17.2 Å². The second-order valence-corrected chi connectivity index (χ2v) is 8.93. The molecular weight excluding hydrogens is 418 g/mol. The average molecular weight is 444 g/mol. The third-order valence-electron chi connectivity index (χ3n) is 5.84. The highest BCUT2D eigenvalue weighted by atomic mass is 32.1. The molecule has 3 heterocycles. The van der Waals surface area contributed by atoms with E-state index in [1.54, 1.807) is 6.20 Å². The highest BCUT2D eigenvalue weighted by Crippen LogP contribution is 2.32. The maximum Gasteiger partial charge on any atom is 0.270 e. The summed E-state index contributed by atoms with van der Waals surface area (Å²) >= 11 is 1.47. The molecule has 1 fully saturated rings. The molecule has 1 aliphatic rings. The third-order valence-corrected chi connectivity index (χ3v) is 6.72. The lowest BCUT2D eigenvalue weighted by molar-refractivity contribution is 0.0904. The summed E-state index contributed by atoms with van der Waals surface area (Å²) in [5.74, 6) is -0.0984. The minimum atomic E-state index is -0.0984. The molecule has 0 bridgehead atoms. The van der Waals surface area contributed by atoms with Crippen LogP contribution in [0, 0.1) is 0 Å². The number of carbonyl (C=O) groups is 1. The number of rotatable bonds is 6. The van der Waals surface area contributed by atoms with Crippen LogP contribution < -0.4 is 5.32 Å². The minimum Gasteiger partial charge on any atom is -0.348 e. The Hall–Kier alpha value is -3.29. The van der Waals surface area contributed by atoms with Gasteiger partial charge in [-0.2, -0.15) is 5.10 Å². The number of H-pyrrole nitrogens is 1. The van der Waals surface area contributed by atoms with E-state index < -0.39 is 0 Å². The molecule has 2 aromatic heterocycles. The zero-order valence-electron chi connectivity index (χ0n) is 17.7. The van der Waals surface area contributed by atoms with Crippen LogP contribution in [0.4, 0.5) is 0 Å². The predicted octanol–water partition coefficient (Wildman–Crippen LogP) is 4.59. The van der Waals surface area contributed by atoms with E-state index in [2.05, 4.69) is 49.7 Å². The fourth-order valence-electron chi connectivity index (χ4n) is 4.11. The van der Waals surface area contributed by atoms with Crippen molar-refractivity contribution in [2.45, 2.75) is 25.4 Å². The predicted molar refractivity (Wildman–Crippen MR) is 127 cm³/mol. The van der Waals surface area contributed by atoms with Gasteiger partial charge in [-0.25, -0.2) is 4.98 Å². The molecule has 162 valence electrons. The van der Waals surface area contributed by atoms with E-state index in [4.69, 9.17) is 0 Å². The van der Waals surface area contributed by atoms with Crippen molar-refractivity contribution in [2.75, 3.05) is 13.1 Å². The Labute approximate surface area is 191 Å². The van der Waals surface area contributed by atoms with Gasteiger partial charge in [0.15, 0.2) is 0 Å². The number of nitrogens with one attached hydrogen (secondary N) is 2. The quantitative estimate of drug-likeness (QED) is 0.457. The molecule has 7 heteroatoms. The maximum atomic E-state index is 12.8. The molecule has 4 aromatic rings. The van der Waals surface area contributed by atoms with Gasteiger partial charge in [0.25, 0.3) is 5.91 Å². The van der Waals surface area contributed by atoms with Gasteiger partial charge in [-0.15, -0.1) is 11.3 Å². The van der Waals surface area contributed by atoms with E-state index in [9.17, 15) is 4.79 Å². The summed E-state index contributed by atoms with van der Waals surface area (Å²) in [4.78, 5) is 19.9. The van der Waals surface area contributed by atoms with Crippen LogP contribution in [-0.2, 0) is 6.54 Å². The van der Waals surface area contributed by atoms with Gasteiger partial charge < -0.3 is 5.32 Å². The fourth-order valence-corrected chi connectivity index (χ4v) is 4.93. The number of hydrogen-bond donors (Lipinski definition) is 2. The Morgan fingerprint density at radius 1 is 1.06 bits per heavy atom. The first kappa shape index (κ1) is 20.6. The second-order valence-electron chi connectivity index (χ2n) is 8.07. The van der Waals surface area contributed by atoms with Crippen LogP contribution in [0.5, 0.6) is 0 Å². The molecule has 0 saturated carbocycles. The number of aromatic amines is 1. The standard InChI is InChI=1S/C25H25N5OS/c31-24(27-20-11-13-30(14-12-20)16-18-7-3-1-4-8-18)22-17-32-25(28-22)21-15-26-29-23(21)19-9-5-2-6-10-19/h1-10,15,17,20H,11-14,16H2,(H,26,29)(H,27,31). The van der Waals surface area contributed by atoms with Gasteiger partial charge in [0.2, 0.25) is 0 Å². The first-order valence-electron chi connectivity index (χ1n) is 10.9. The Morgan fingerprint density at radius 2 is 1.78 bits per heavy atom. The molecule has 1 saturated heterocycles. The van der Waals surface area contributed by atoms with Crippen molar-refractivity contribution in [1.82, 2.24) is 25.4 Å². The summed E-state index contributed by atoms with van der Waals surface area (Å²) < 4.78 is 0. The van der Waals surface area contributed by atoms with Crippen LogP contribution in [0.1, 0.15) is 28.9 Å². The maximum absolute atomic E-state index is 12.8. The molecule has 0 spiro atoms. The van der Waals surface area contributed by atoms with Crippen molar-refractivity contribution in [2.24, 2.45) is 0 Å². The molecule has 1 amide bonds. The first-order chi connectivity index (χ1) is 15.8. The lowest BCUT2D eigenvalue weighted by Crippen LogP contribution is -2.44. The number of nitrogens with zero attached hydrogens (tertiary/aromatic N) is 3. The van der Waals surface area contributed by atoms with Gasteiger partial charge in [-0.1, -0.05) is 60.7 Å². The van der Waals surface area contributed by atoms with Crippen LogP contribution in [0.25, 0.3) is 21.8 Å². The molecule has 5 rings (SSSR count). The Kier molecular flexibility index (Phi) is 6.09. The highest BCUT2D eigenvalue weighted by molar-refractivity contribution is 7.13. The van der Waals surface area contributed by atoms with Crippen molar-refractivity contribution in [3.8, 4) is 21.8 Å². The minimum absolute atomic E-state index is 0.0984. The summed E-state index contributed by atoms with van der Waals surface area (Å²) in [7, 11) is 0. The first-order valence-corrected chi connectivity index (χ1v) is 11.8. The van der Waals surface area contributed by atoms with Crippen molar-refractivity contribution in [1.29, 1.82) is 0 Å². The number of aromatic nitrogens is 3. The molecule has 1 aliphatic heterocycles. The van der Waals surface area contributed by atoms with Gasteiger partial charge >= 0.3 is 0 Å². The third kappa shape index (κ3) is 4.64. The van der Waals surface area contributed by atoms with Gasteiger partial charge in [0.05, 0.1) is 17.5 Å². The summed E-state index contributed by atoms with van der Waals surface area (Å²) in [6.45, 7) is 2.93. The number of likely N-dealkylation sites (tertiary alicyclic amines) is 1. The molecule has 6 nitrogen and oxygen atoms in total. The number of piperidine rings is 1. The van der Waals surface area contributed by atoms with Crippen molar-refractivity contribution in [3.05, 3.63) is 83.5 Å². The zero-order valence-corrected chi connectivity index (χ0v) is 18.5. The SMILES string of the molecule is O=C(NC1CCN(Cc2ccccc2)CC1)c1csc(-c2cn[nH]c2-c2ccccc2)n1. The molecule has 0 radical (unpaired) electrons. The monoisotopic (exact) mass is 443 g/mol. The zero-order chi connectivity index (χ0) is 21.8. The summed E-state index contributed by atoms with van der Waals surface area (Å²) in [5, 5.41) is 13.1. The summed E-state index contributed by atoms with van der Waals surface area (Å²) in [6, 6.07) is 20.7. The number of amides is 1. The largest absolute Gasteiger partial charge is 0.348 e. The fraction of sp³-hybridized carbons (Fsp3) is 0.240. The van der Waals surface area contributed by atoms with Crippen LogP contribution >= 0.6 is 11.3 Å². The van der Waals surface area contributed by atoms with Crippen LogP contribution in [0.3, 0.4) is 0 Å².